The monoisotopic (exact) mass is 406 g/mol. The van der Waals surface area contributed by atoms with Crippen LogP contribution in [0, 0.1) is 0 Å². The fraction of sp³-hybridized carbons (Fsp3) is 0.261. The molecule has 1 aromatic heterocycles. The molecule has 0 radical (unpaired) electrons. The van der Waals surface area contributed by atoms with Crippen LogP contribution >= 0.6 is 11.3 Å². The molecule has 0 N–H and O–H groups in total. The minimum atomic E-state index is -0.274. The molecule has 0 spiro atoms. The van der Waals surface area contributed by atoms with E-state index in [-0.39, 0.29) is 24.9 Å². The molecule has 1 aliphatic rings. The number of carbonyl (C=O) groups excluding carboxylic acids is 2. The van der Waals surface area contributed by atoms with Crippen molar-refractivity contribution < 1.29 is 14.3 Å². The molecule has 0 atom stereocenters. The molecule has 4 rings (SSSR count). The van der Waals surface area contributed by atoms with Gasteiger partial charge >= 0.3 is 5.97 Å². The summed E-state index contributed by atoms with van der Waals surface area (Å²) in [6.45, 7) is 1.60. The molecule has 0 saturated carbocycles. The van der Waals surface area contributed by atoms with Crippen molar-refractivity contribution in [2.45, 2.75) is 39.2 Å². The fourth-order valence-corrected chi connectivity index (χ4v) is 4.45. The zero-order valence-corrected chi connectivity index (χ0v) is 17.1. The predicted molar refractivity (Wildman–Crippen MR) is 113 cm³/mol. The minimum Gasteiger partial charge on any atom is -0.459 e. The third kappa shape index (κ3) is 4.54. The van der Waals surface area contributed by atoms with Crippen LogP contribution < -0.4 is 4.90 Å². The van der Waals surface area contributed by atoms with E-state index < -0.39 is 0 Å². The predicted octanol–water partition coefficient (Wildman–Crippen LogP) is 4.60. The minimum absolute atomic E-state index is 0.0980. The zero-order valence-electron chi connectivity index (χ0n) is 16.3. The highest BCUT2D eigenvalue weighted by Crippen LogP contribution is 2.29. The smallest absolute Gasteiger partial charge is 0.310 e. The zero-order chi connectivity index (χ0) is 20.2. The molecule has 3 aromatic rings. The van der Waals surface area contributed by atoms with Gasteiger partial charge in [-0.3, -0.25) is 14.5 Å². The second-order valence-electron chi connectivity index (χ2n) is 7.11. The summed E-state index contributed by atoms with van der Waals surface area (Å²) in [4.78, 5) is 30.4. The maximum atomic E-state index is 12.2. The van der Waals surface area contributed by atoms with E-state index in [1.165, 1.54) is 35.8 Å². The van der Waals surface area contributed by atoms with E-state index in [1.807, 2.05) is 41.8 Å². The van der Waals surface area contributed by atoms with Gasteiger partial charge in [-0.05, 0) is 48.1 Å². The van der Waals surface area contributed by atoms with Gasteiger partial charge in [0, 0.05) is 12.3 Å². The molecule has 148 valence electrons. The second kappa shape index (κ2) is 8.57. The van der Waals surface area contributed by atoms with Crippen molar-refractivity contribution in [1.82, 2.24) is 4.98 Å². The van der Waals surface area contributed by atoms with Crippen molar-refractivity contribution in [3.63, 3.8) is 0 Å². The number of hydrogen-bond donors (Lipinski definition) is 0. The van der Waals surface area contributed by atoms with Gasteiger partial charge in [0.1, 0.15) is 6.61 Å². The maximum absolute atomic E-state index is 12.2. The van der Waals surface area contributed by atoms with Crippen LogP contribution in [0.3, 0.4) is 0 Å². The number of para-hydroxylation sites is 1. The number of aromatic nitrogens is 1. The first-order valence-corrected chi connectivity index (χ1v) is 10.5. The molecule has 6 heteroatoms. The largest absolute Gasteiger partial charge is 0.459 e. The Kier molecular flexibility index (Phi) is 5.71. The number of hydrogen-bond acceptors (Lipinski definition) is 5. The number of nitrogens with zero attached hydrogens (tertiary/aromatic N) is 2. The Morgan fingerprint density at radius 2 is 1.90 bits per heavy atom. The number of carbonyl (C=O) groups is 2. The Morgan fingerprint density at radius 1 is 1.10 bits per heavy atom. The number of aryl methyl sites for hydroxylation is 2. The van der Waals surface area contributed by atoms with Crippen LogP contribution in [0.2, 0.25) is 0 Å². The highest BCUT2D eigenvalue weighted by Gasteiger charge is 2.18. The summed E-state index contributed by atoms with van der Waals surface area (Å²) in [5.41, 5.74) is 5.13. The summed E-state index contributed by atoms with van der Waals surface area (Å²) in [5.74, 6) is -0.394. The van der Waals surface area contributed by atoms with Gasteiger partial charge in [-0.2, -0.15) is 0 Å². The first-order chi connectivity index (χ1) is 14.1. The van der Waals surface area contributed by atoms with E-state index in [0.717, 1.165) is 24.1 Å². The molecule has 0 bridgehead atoms. The maximum Gasteiger partial charge on any atom is 0.310 e. The molecule has 5 nitrogen and oxygen atoms in total. The average Bonchev–Trinajstić information content (AvgIpc) is 3.36. The number of benzene rings is 2. The number of ether oxygens (including phenoxy) is 1. The Balaban J connectivity index is 1.37. The van der Waals surface area contributed by atoms with Crippen molar-refractivity contribution in [2.24, 2.45) is 0 Å². The van der Waals surface area contributed by atoms with Crippen molar-refractivity contribution in [2.75, 3.05) is 4.90 Å². The standard InChI is InChI=1S/C23H22N2O3S/c1-16(26)25(21-8-3-2-4-9-21)23-24-20(15-29-23)14-28-22(27)13-17-10-11-18-6-5-7-19(18)12-17/h2-4,8-12,15H,5-7,13-14H2,1H3. The lowest BCUT2D eigenvalue weighted by molar-refractivity contribution is -0.144. The van der Waals surface area contributed by atoms with Crippen LogP contribution in [0.1, 0.15) is 35.7 Å². The van der Waals surface area contributed by atoms with Gasteiger partial charge in [0.05, 0.1) is 17.8 Å². The lowest BCUT2D eigenvalue weighted by atomic mass is 10.0. The van der Waals surface area contributed by atoms with Crippen molar-refractivity contribution >= 4 is 34.0 Å². The molecule has 0 saturated heterocycles. The highest BCUT2D eigenvalue weighted by molar-refractivity contribution is 7.14. The molecular formula is C23H22N2O3S. The second-order valence-corrected chi connectivity index (χ2v) is 7.94. The van der Waals surface area contributed by atoms with Crippen LogP contribution in [0.4, 0.5) is 10.8 Å². The van der Waals surface area contributed by atoms with Gasteiger partial charge in [-0.15, -0.1) is 11.3 Å². The van der Waals surface area contributed by atoms with Gasteiger partial charge in [-0.1, -0.05) is 36.4 Å². The topological polar surface area (TPSA) is 59.5 Å². The van der Waals surface area contributed by atoms with Crippen LogP contribution in [0.15, 0.2) is 53.9 Å². The number of rotatable bonds is 6. The third-order valence-electron chi connectivity index (χ3n) is 4.95. The van der Waals surface area contributed by atoms with Crippen LogP contribution in [0.5, 0.6) is 0 Å². The SMILES string of the molecule is CC(=O)N(c1ccccc1)c1nc(COC(=O)Cc2ccc3c(c2)CCC3)cs1. The number of anilines is 2. The van der Waals surface area contributed by atoms with E-state index in [4.69, 9.17) is 4.74 Å². The Bertz CT molecular complexity index is 1030. The Hall–Kier alpha value is -2.99. The fourth-order valence-electron chi connectivity index (χ4n) is 3.58. The molecular weight excluding hydrogens is 384 g/mol. The molecule has 1 aliphatic carbocycles. The Morgan fingerprint density at radius 3 is 2.69 bits per heavy atom. The summed E-state index contributed by atoms with van der Waals surface area (Å²) in [5, 5.41) is 2.38. The molecule has 0 aliphatic heterocycles. The first kappa shape index (κ1) is 19.3. The molecule has 29 heavy (non-hydrogen) atoms. The molecule has 0 fully saturated rings. The molecule has 2 aromatic carbocycles. The van der Waals surface area contributed by atoms with E-state index >= 15 is 0 Å². The van der Waals surface area contributed by atoms with Crippen molar-refractivity contribution in [3.8, 4) is 0 Å². The van der Waals surface area contributed by atoms with Gasteiger partial charge < -0.3 is 4.74 Å². The van der Waals surface area contributed by atoms with Gasteiger partial charge in [-0.25, -0.2) is 4.98 Å². The normalized spacial score (nSPS) is 12.4. The Labute approximate surface area is 174 Å². The summed E-state index contributed by atoms with van der Waals surface area (Å²) in [7, 11) is 0. The number of esters is 1. The van der Waals surface area contributed by atoms with Gasteiger partial charge in [0.2, 0.25) is 5.91 Å². The van der Waals surface area contributed by atoms with E-state index in [0.29, 0.717) is 10.8 Å². The lowest BCUT2D eigenvalue weighted by Gasteiger charge is -2.17. The summed E-state index contributed by atoms with van der Waals surface area (Å²) in [6.07, 6.45) is 3.67. The van der Waals surface area contributed by atoms with Gasteiger partial charge in [0.15, 0.2) is 5.13 Å². The number of thiazole rings is 1. The van der Waals surface area contributed by atoms with Crippen LogP contribution in [-0.2, 0) is 40.2 Å². The molecule has 1 heterocycles. The van der Waals surface area contributed by atoms with E-state index in [2.05, 4.69) is 17.1 Å². The third-order valence-corrected chi connectivity index (χ3v) is 5.83. The van der Waals surface area contributed by atoms with Crippen LogP contribution in [0.25, 0.3) is 0 Å². The summed E-state index contributed by atoms with van der Waals surface area (Å²) in [6, 6.07) is 15.6. The summed E-state index contributed by atoms with van der Waals surface area (Å²) < 4.78 is 5.41. The highest BCUT2D eigenvalue weighted by atomic mass is 32.1. The van der Waals surface area contributed by atoms with Crippen molar-refractivity contribution in [1.29, 1.82) is 0 Å². The van der Waals surface area contributed by atoms with Crippen molar-refractivity contribution in [3.05, 3.63) is 76.3 Å². The van der Waals surface area contributed by atoms with Gasteiger partial charge in [0.25, 0.3) is 0 Å². The number of amides is 1. The lowest BCUT2D eigenvalue weighted by Crippen LogP contribution is -2.22. The van der Waals surface area contributed by atoms with E-state index in [9.17, 15) is 9.59 Å². The quantitative estimate of drug-likeness (QED) is 0.561. The first-order valence-electron chi connectivity index (χ1n) is 9.66. The van der Waals surface area contributed by atoms with Crippen LogP contribution in [-0.4, -0.2) is 16.9 Å². The van der Waals surface area contributed by atoms with E-state index in [1.54, 1.807) is 4.90 Å². The molecule has 0 unspecified atom stereocenters. The molecule has 1 amide bonds. The summed E-state index contributed by atoms with van der Waals surface area (Å²) >= 11 is 1.35. The number of fused-ring (bicyclic) bond motifs is 1. The average molecular weight is 407 g/mol.